The van der Waals surface area contributed by atoms with Crippen LogP contribution in [0.4, 0.5) is 4.39 Å². The van der Waals surface area contributed by atoms with Crippen LogP contribution in [0.3, 0.4) is 0 Å². The summed E-state index contributed by atoms with van der Waals surface area (Å²) in [6.07, 6.45) is 4.42. The number of carbonyl (C=O) groups is 1. The van der Waals surface area contributed by atoms with Crippen LogP contribution in [0.1, 0.15) is 24.2 Å². The van der Waals surface area contributed by atoms with Gasteiger partial charge in [-0.3, -0.25) is 4.79 Å². The zero-order valence-electron chi connectivity index (χ0n) is 15.4. The first-order chi connectivity index (χ1) is 13.5. The number of likely N-dealkylation sites (N-methyl/N-ethyl adjacent to an activating group) is 1. The maximum atomic E-state index is 13.8. The summed E-state index contributed by atoms with van der Waals surface area (Å²) in [4.78, 5) is 20.1. The van der Waals surface area contributed by atoms with Gasteiger partial charge in [0.2, 0.25) is 5.88 Å². The van der Waals surface area contributed by atoms with Crippen molar-refractivity contribution in [3.63, 3.8) is 0 Å². The van der Waals surface area contributed by atoms with Crippen LogP contribution in [0.2, 0.25) is 5.02 Å². The first-order valence-corrected chi connectivity index (χ1v) is 9.09. The number of carbonyl (C=O) groups excluding carboxylic acids is 1. The van der Waals surface area contributed by atoms with Crippen LogP contribution >= 0.6 is 11.6 Å². The van der Waals surface area contributed by atoms with Gasteiger partial charge in [0.25, 0.3) is 5.91 Å². The third-order valence-corrected chi connectivity index (χ3v) is 4.35. The van der Waals surface area contributed by atoms with E-state index in [0.717, 1.165) is 0 Å². The van der Waals surface area contributed by atoms with Crippen molar-refractivity contribution >= 4 is 17.5 Å². The van der Waals surface area contributed by atoms with Crippen molar-refractivity contribution in [2.75, 3.05) is 13.2 Å². The topological polar surface area (TPSA) is 73.1 Å². The van der Waals surface area contributed by atoms with Crippen molar-refractivity contribution in [3.05, 3.63) is 65.3 Å². The van der Waals surface area contributed by atoms with Crippen molar-refractivity contribution in [2.45, 2.75) is 19.9 Å². The van der Waals surface area contributed by atoms with Gasteiger partial charge in [0.15, 0.2) is 0 Å². The van der Waals surface area contributed by atoms with Gasteiger partial charge < -0.3 is 9.64 Å². The highest BCUT2D eigenvalue weighted by atomic mass is 35.5. The SMILES string of the molecule is CCN(C(=O)c1ccc(F)cc1-n1nccn1)C(C)COc1ccc(Cl)cn1. The van der Waals surface area contributed by atoms with Crippen molar-refractivity contribution in [1.29, 1.82) is 0 Å². The first kappa shape index (κ1) is 19.8. The molecule has 2 aromatic heterocycles. The van der Waals surface area contributed by atoms with E-state index >= 15 is 0 Å². The number of hydrogen-bond donors (Lipinski definition) is 0. The van der Waals surface area contributed by atoms with Crippen molar-refractivity contribution in [3.8, 4) is 11.6 Å². The molecule has 0 saturated heterocycles. The van der Waals surface area contributed by atoms with Crippen LogP contribution in [0.25, 0.3) is 5.69 Å². The lowest BCUT2D eigenvalue weighted by Gasteiger charge is -2.28. The van der Waals surface area contributed by atoms with Crippen LogP contribution in [-0.2, 0) is 0 Å². The molecule has 1 atom stereocenters. The molecular weight excluding hydrogens is 385 g/mol. The monoisotopic (exact) mass is 403 g/mol. The molecule has 2 heterocycles. The highest BCUT2D eigenvalue weighted by Gasteiger charge is 2.24. The largest absolute Gasteiger partial charge is 0.475 e. The molecular formula is C19H19ClFN5O2. The van der Waals surface area contributed by atoms with Crippen molar-refractivity contribution in [2.24, 2.45) is 0 Å². The van der Waals surface area contributed by atoms with Gasteiger partial charge in [0.05, 0.1) is 29.0 Å². The number of nitrogens with zero attached hydrogens (tertiary/aromatic N) is 5. The molecule has 0 aliphatic rings. The van der Waals surface area contributed by atoms with E-state index in [4.69, 9.17) is 16.3 Å². The van der Waals surface area contributed by atoms with E-state index in [1.165, 1.54) is 41.6 Å². The molecule has 0 aliphatic carbocycles. The number of amides is 1. The van der Waals surface area contributed by atoms with E-state index in [2.05, 4.69) is 15.2 Å². The lowest BCUT2D eigenvalue weighted by Crippen LogP contribution is -2.42. The third kappa shape index (κ3) is 4.45. The predicted octanol–water partition coefficient (Wildman–Crippen LogP) is 3.38. The Hall–Kier alpha value is -3.00. The Morgan fingerprint density at radius 2 is 2.04 bits per heavy atom. The van der Waals surface area contributed by atoms with Crippen LogP contribution < -0.4 is 4.74 Å². The Morgan fingerprint density at radius 3 is 2.68 bits per heavy atom. The summed E-state index contributed by atoms with van der Waals surface area (Å²) in [6.45, 7) is 4.42. The van der Waals surface area contributed by atoms with Crippen LogP contribution in [0.5, 0.6) is 5.88 Å². The van der Waals surface area contributed by atoms with Gasteiger partial charge in [-0.15, -0.1) is 0 Å². The van der Waals surface area contributed by atoms with Gasteiger partial charge in [-0.2, -0.15) is 15.0 Å². The molecule has 0 spiro atoms. The van der Waals surface area contributed by atoms with Crippen molar-refractivity contribution < 1.29 is 13.9 Å². The molecule has 0 N–H and O–H groups in total. The fraction of sp³-hybridized carbons (Fsp3) is 0.263. The van der Waals surface area contributed by atoms with Gasteiger partial charge in [-0.1, -0.05) is 11.6 Å². The molecule has 0 aliphatic heterocycles. The number of benzene rings is 1. The third-order valence-electron chi connectivity index (χ3n) is 4.13. The Labute approximate surface area is 166 Å². The predicted molar refractivity (Wildman–Crippen MR) is 102 cm³/mol. The molecule has 7 nitrogen and oxygen atoms in total. The molecule has 0 saturated carbocycles. The number of pyridine rings is 1. The van der Waals surface area contributed by atoms with Crippen LogP contribution in [0, 0.1) is 5.82 Å². The minimum Gasteiger partial charge on any atom is -0.475 e. The zero-order valence-corrected chi connectivity index (χ0v) is 16.2. The van der Waals surface area contributed by atoms with Gasteiger partial charge in [0, 0.05) is 24.9 Å². The number of aromatic nitrogens is 4. The lowest BCUT2D eigenvalue weighted by molar-refractivity contribution is 0.0646. The van der Waals surface area contributed by atoms with Gasteiger partial charge >= 0.3 is 0 Å². The maximum Gasteiger partial charge on any atom is 0.256 e. The quantitative estimate of drug-likeness (QED) is 0.604. The molecule has 3 rings (SSSR count). The summed E-state index contributed by atoms with van der Waals surface area (Å²) in [6, 6.07) is 7.01. The van der Waals surface area contributed by atoms with E-state index in [1.54, 1.807) is 17.0 Å². The summed E-state index contributed by atoms with van der Waals surface area (Å²) in [5, 5.41) is 8.53. The Balaban J connectivity index is 1.78. The molecule has 9 heteroatoms. The standard InChI is InChI=1S/C19H19ClFN5O2/c1-3-25(13(2)12-28-18-7-4-14(20)11-22-18)19(27)16-6-5-15(21)10-17(16)26-23-8-9-24-26/h4-11,13H,3,12H2,1-2H3. The van der Waals surface area contributed by atoms with Gasteiger partial charge in [-0.25, -0.2) is 9.37 Å². The summed E-state index contributed by atoms with van der Waals surface area (Å²) in [5.74, 6) is -0.324. The van der Waals surface area contributed by atoms with E-state index in [0.29, 0.717) is 23.0 Å². The fourth-order valence-corrected chi connectivity index (χ4v) is 2.86. The Bertz CT molecular complexity index is 934. The minimum absolute atomic E-state index is 0.241. The molecule has 1 unspecified atom stereocenters. The molecule has 1 amide bonds. The minimum atomic E-state index is -0.475. The fourth-order valence-electron chi connectivity index (χ4n) is 2.74. The second kappa shape index (κ2) is 8.79. The number of ether oxygens (including phenoxy) is 1. The van der Waals surface area contributed by atoms with E-state index in [-0.39, 0.29) is 24.2 Å². The highest BCUT2D eigenvalue weighted by Crippen LogP contribution is 2.19. The average Bonchev–Trinajstić information content (AvgIpc) is 3.22. The summed E-state index contributed by atoms with van der Waals surface area (Å²) >= 11 is 5.82. The van der Waals surface area contributed by atoms with Crippen LogP contribution in [0.15, 0.2) is 48.9 Å². The maximum absolute atomic E-state index is 13.8. The zero-order chi connectivity index (χ0) is 20.1. The second-order valence-electron chi connectivity index (χ2n) is 6.05. The molecule has 3 aromatic rings. The molecule has 0 radical (unpaired) electrons. The second-order valence-corrected chi connectivity index (χ2v) is 6.48. The normalized spacial score (nSPS) is 11.9. The van der Waals surface area contributed by atoms with Gasteiger partial charge in [0.1, 0.15) is 18.1 Å². The summed E-state index contributed by atoms with van der Waals surface area (Å²) in [5.41, 5.74) is 0.580. The van der Waals surface area contributed by atoms with Crippen molar-refractivity contribution in [1.82, 2.24) is 24.9 Å². The van der Waals surface area contributed by atoms with Gasteiger partial charge in [-0.05, 0) is 32.0 Å². The van der Waals surface area contributed by atoms with E-state index < -0.39 is 5.82 Å². The molecule has 1 aromatic carbocycles. The summed E-state index contributed by atoms with van der Waals surface area (Å²) < 4.78 is 19.4. The lowest BCUT2D eigenvalue weighted by atomic mass is 10.1. The average molecular weight is 404 g/mol. The number of rotatable bonds is 7. The number of halogens is 2. The smallest absolute Gasteiger partial charge is 0.256 e. The number of hydrogen-bond acceptors (Lipinski definition) is 5. The molecule has 0 fully saturated rings. The van der Waals surface area contributed by atoms with Crippen LogP contribution in [-0.4, -0.2) is 50.0 Å². The Kier molecular flexibility index (Phi) is 6.20. The molecule has 28 heavy (non-hydrogen) atoms. The molecule has 0 bridgehead atoms. The van der Waals surface area contributed by atoms with E-state index in [1.807, 2.05) is 13.8 Å². The summed E-state index contributed by atoms with van der Waals surface area (Å²) in [7, 11) is 0. The molecule has 146 valence electrons. The highest BCUT2D eigenvalue weighted by molar-refractivity contribution is 6.30. The Morgan fingerprint density at radius 1 is 1.29 bits per heavy atom. The first-order valence-electron chi connectivity index (χ1n) is 8.71. The van der Waals surface area contributed by atoms with E-state index in [9.17, 15) is 9.18 Å².